The molecule has 2 heterocycles. The van der Waals surface area contributed by atoms with Crippen LogP contribution in [0.15, 0.2) is 90.6 Å². The van der Waals surface area contributed by atoms with Gasteiger partial charge >= 0.3 is 6.03 Å². The van der Waals surface area contributed by atoms with E-state index in [-0.39, 0.29) is 5.57 Å². The van der Waals surface area contributed by atoms with Gasteiger partial charge in [0, 0.05) is 35.3 Å². The van der Waals surface area contributed by atoms with Gasteiger partial charge < -0.3 is 9.30 Å². The van der Waals surface area contributed by atoms with Gasteiger partial charge in [0.1, 0.15) is 11.3 Å². The molecule has 1 aromatic heterocycles. The van der Waals surface area contributed by atoms with Crippen LogP contribution in [0.25, 0.3) is 17.0 Å². The van der Waals surface area contributed by atoms with Crippen LogP contribution in [-0.4, -0.2) is 29.5 Å². The number of nitrogens with zero attached hydrogens (tertiary/aromatic N) is 2. The molecule has 5 rings (SSSR count). The largest absolute Gasteiger partial charge is 0.497 e. The third-order valence-electron chi connectivity index (χ3n) is 5.73. The fourth-order valence-electron chi connectivity index (χ4n) is 4.10. The van der Waals surface area contributed by atoms with Crippen molar-refractivity contribution in [3.8, 4) is 5.75 Å². The van der Waals surface area contributed by atoms with Crippen molar-refractivity contribution in [1.29, 1.82) is 0 Å². The van der Waals surface area contributed by atoms with E-state index in [2.05, 4.69) is 9.88 Å². The molecular weight excluding hydrogens is 430 g/mol. The SMILES string of the molecule is COc1cccc(N2C(=O)NC(=O)/C(=C/c3cn(Cc4ccccc4)c4ccccc34)C2=O)c1. The molecule has 1 N–H and O–H groups in total. The zero-order chi connectivity index (χ0) is 23.7. The summed E-state index contributed by atoms with van der Waals surface area (Å²) in [6.45, 7) is 0.638. The molecule has 4 amide bonds. The Morgan fingerprint density at radius 1 is 0.912 bits per heavy atom. The van der Waals surface area contributed by atoms with Crippen LogP contribution < -0.4 is 15.0 Å². The molecule has 3 aromatic carbocycles. The van der Waals surface area contributed by atoms with E-state index in [4.69, 9.17) is 4.74 Å². The Bertz CT molecular complexity index is 1450. The molecule has 168 valence electrons. The molecular formula is C27H21N3O4. The average Bonchev–Trinajstić information content (AvgIpc) is 3.19. The van der Waals surface area contributed by atoms with Crippen LogP contribution in [0.1, 0.15) is 11.1 Å². The predicted octanol–water partition coefficient (Wildman–Crippen LogP) is 4.36. The first-order chi connectivity index (χ1) is 16.5. The highest BCUT2D eigenvalue weighted by molar-refractivity contribution is 6.39. The maximum absolute atomic E-state index is 13.3. The van der Waals surface area contributed by atoms with Gasteiger partial charge in [-0.2, -0.15) is 0 Å². The highest BCUT2D eigenvalue weighted by atomic mass is 16.5. The van der Waals surface area contributed by atoms with E-state index < -0.39 is 17.8 Å². The number of barbiturate groups is 1. The Kier molecular flexibility index (Phi) is 5.43. The summed E-state index contributed by atoms with van der Waals surface area (Å²) in [6, 6.07) is 23.6. The monoisotopic (exact) mass is 451 g/mol. The van der Waals surface area contributed by atoms with Crippen LogP contribution in [0.4, 0.5) is 10.5 Å². The Labute approximate surface area is 195 Å². The number of aromatic nitrogens is 1. The van der Waals surface area contributed by atoms with E-state index in [1.807, 2.05) is 60.8 Å². The van der Waals surface area contributed by atoms with Crippen LogP contribution in [0.2, 0.25) is 0 Å². The van der Waals surface area contributed by atoms with Gasteiger partial charge in [-0.3, -0.25) is 14.9 Å². The van der Waals surface area contributed by atoms with E-state index in [0.717, 1.165) is 21.4 Å². The standard InChI is InChI=1S/C27H21N3O4/c1-34-21-11-7-10-20(15-21)30-26(32)23(25(31)28-27(30)33)14-19-17-29(16-18-8-3-2-4-9-18)24-13-6-5-12-22(19)24/h2-15,17H,16H2,1H3,(H,28,31,33)/b23-14-. The summed E-state index contributed by atoms with van der Waals surface area (Å²) < 4.78 is 7.28. The quantitative estimate of drug-likeness (QED) is 0.361. The number of imide groups is 2. The lowest BCUT2D eigenvalue weighted by molar-refractivity contribution is -0.122. The number of carbonyl (C=O) groups is 3. The topological polar surface area (TPSA) is 80.6 Å². The molecule has 0 bridgehead atoms. The van der Waals surface area contributed by atoms with Crippen molar-refractivity contribution in [2.24, 2.45) is 0 Å². The van der Waals surface area contributed by atoms with Crippen molar-refractivity contribution in [3.63, 3.8) is 0 Å². The smallest absolute Gasteiger partial charge is 0.335 e. The molecule has 4 aromatic rings. The Morgan fingerprint density at radius 3 is 2.47 bits per heavy atom. The number of urea groups is 1. The van der Waals surface area contributed by atoms with Gasteiger partial charge in [-0.1, -0.05) is 54.6 Å². The lowest BCUT2D eigenvalue weighted by atomic mass is 10.1. The third-order valence-corrected chi connectivity index (χ3v) is 5.73. The van der Waals surface area contributed by atoms with Gasteiger partial charge in [0.05, 0.1) is 12.8 Å². The minimum absolute atomic E-state index is 0.120. The van der Waals surface area contributed by atoms with Crippen LogP contribution in [0.5, 0.6) is 5.75 Å². The minimum Gasteiger partial charge on any atom is -0.497 e. The maximum Gasteiger partial charge on any atom is 0.335 e. The van der Waals surface area contributed by atoms with Gasteiger partial charge in [0.25, 0.3) is 11.8 Å². The number of ether oxygens (including phenoxy) is 1. The Morgan fingerprint density at radius 2 is 1.68 bits per heavy atom. The minimum atomic E-state index is -0.799. The van der Waals surface area contributed by atoms with Crippen LogP contribution in [-0.2, 0) is 16.1 Å². The van der Waals surface area contributed by atoms with E-state index in [1.165, 1.54) is 7.11 Å². The summed E-state index contributed by atoms with van der Waals surface area (Å²) in [5, 5.41) is 3.17. The summed E-state index contributed by atoms with van der Waals surface area (Å²) in [4.78, 5) is 39.5. The first kappa shape index (κ1) is 21.2. The fraction of sp³-hybridized carbons (Fsp3) is 0.0741. The molecule has 7 heteroatoms. The molecule has 0 saturated carbocycles. The van der Waals surface area contributed by atoms with Gasteiger partial charge in [-0.15, -0.1) is 0 Å². The van der Waals surface area contributed by atoms with Gasteiger partial charge in [-0.25, -0.2) is 9.69 Å². The number of carbonyl (C=O) groups excluding carboxylic acids is 3. The number of hydrogen-bond acceptors (Lipinski definition) is 4. The summed E-state index contributed by atoms with van der Waals surface area (Å²) in [6.07, 6.45) is 3.46. The second kappa shape index (κ2) is 8.71. The second-order valence-electron chi connectivity index (χ2n) is 7.87. The highest BCUT2D eigenvalue weighted by Crippen LogP contribution is 2.28. The number of fused-ring (bicyclic) bond motifs is 1. The number of amides is 4. The summed E-state index contributed by atoms with van der Waals surface area (Å²) in [7, 11) is 1.50. The molecule has 1 saturated heterocycles. The van der Waals surface area contributed by atoms with Crippen LogP contribution >= 0.6 is 0 Å². The lowest BCUT2D eigenvalue weighted by Crippen LogP contribution is -2.54. The van der Waals surface area contributed by atoms with Gasteiger partial charge in [0.15, 0.2) is 0 Å². The van der Waals surface area contributed by atoms with E-state index >= 15 is 0 Å². The van der Waals surface area contributed by atoms with Crippen molar-refractivity contribution >= 4 is 40.5 Å². The van der Waals surface area contributed by atoms with E-state index in [9.17, 15) is 14.4 Å². The van der Waals surface area contributed by atoms with Gasteiger partial charge in [-0.05, 0) is 29.8 Å². The normalized spacial score (nSPS) is 15.1. The summed E-state index contributed by atoms with van der Waals surface area (Å²) in [5.74, 6) is -0.930. The predicted molar refractivity (Wildman–Crippen MR) is 129 cm³/mol. The third kappa shape index (κ3) is 3.84. The summed E-state index contributed by atoms with van der Waals surface area (Å²) in [5.41, 5.74) is 3.01. The summed E-state index contributed by atoms with van der Waals surface area (Å²) >= 11 is 0. The highest BCUT2D eigenvalue weighted by Gasteiger charge is 2.37. The van der Waals surface area contributed by atoms with Crippen molar-refractivity contribution in [1.82, 2.24) is 9.88 Å². The molecule has 7 nitrogen and oxygen atoms in total. The lowest BCUT2D eigenvalue weighted by Gasteiger charge is -2.26. The first-order valence-corrected chi connectivity index (χ1v) is 10.7. The Hall–Kier alpha value is -4.65. The Balaban J connectivity index is 1.57. The van der Waals surface area contributed by atoms with E-state index in [0.29, 0.717) is 23.5 Å². The molecule has 34 heavy (non-hydrogen) atoms. The van der Waals surface area contributed by atoms with Crippen molar-refractivity contribution in [2.45, 2.75) is 6.54 Å². The molecule has 0 aliphatic carbocycles. The fourth-order valence-corrected chi connectivity index (χ4v) is 4.10. The number of rotatable bonds is 5. The number of para-hydroxylation sites is 1. The molecule has 1 fully saturated rings. The molecule has 0 radical (unpaired) electrons. The van der Waals surface area contributed by atoms with Crippen molar-refractivity contribution < 1.29 is 19.1 Å². The second-order valence-corrected chi connectivity index (χ2v) is 7.87. The van der Waals surface area contributed by atoms with Gasteiger partial charge in [0.2, 0.25) is 0 Å². The molecule has 0 unspecified atom stereocenters. The van der Waals surface area contributed by atoms with E-state index in [1.54, 1.807) is 30.3 Å². The number of methoxy groups -OCH3 is 1. The maximum atomic E-state index is 13.3. The van der Waals surface area contributed by atoms with Crippen molar-refractivity contribution in [2.75, 3.05) is 12.0 Å². The zero-order valence-electron chi connectivity index (χ0n) is 18.4. The zero-order valence-corrected chi connectivity index (χ0v) is 18.4. The molecule has 0 spiro atoms. The number of benzene rings is 3. The number of anilines is 1. The van der Waals surface area contributed by atoms with Crippen LogP contribution in [0.3, 0.4) is 0 Å². The molecule has 0 atom stereocenters. The average molecular weight is 451 g/mol. The molecule has 1 aliphatic heterocycles. The first-order valence-electron chi connectivity index (χ1n) is 10.7. The van der Waals surface area contributed by atoms with Crippen LogP contribution in [0, 0.1) is 0 Å². The molecule has 1 aliphatic rings. The van der Waals surface area contributed by atoms with Crippen molar-refractivity contribution in [3.05, 3.63) is 102 Å². The number of nitrogens with one attached hydrogen (secondary N) is 1. The number of hydrogen-bond donors (Lipinski definition) is 1.